The topological polar surface area (TPSA) is 101 Å². The van der Waals surface area contributed by atoms with Crippen molar-refractivity contribution in [3.05, 3.63) is 52.3 Å². The van der Waals surface area contributed by atoms with Crippen LogP contribution in [0.2, 0.25) is 0 Å². The Labute approximate surface area is 108 Å². The number of aromatic amines is 1. The molecule has 98 valence electrons. The molecule has 1 unspecified atom stereocenters. The third-order valence-corrected chi connectivity index (χ3v) is 2.71. The molecule has 0 saturated carbocycles. The first-order chi connectivity index (χ1) is 9.08. The van der Waals surface area contributed by atoms with E-state index in [1.54, 1.807) is 25.3 Å². The van der Waals surface area contributed by atoms with E-state index in [1.165, 1.54) is 18.3 Å². The number of amides is 1. The average Bonchev–Trinajstić information content (AvgIpc) is 2.90. The van der Waals surface area contributed by atoms with Gasteiger partial charge in [-0.1, -0.05) is 12.1 Å². The molecule has 2 rings (SSSR count). The molecule has 19 heavy (non-hydrogen) atoms. The minimum Gasteiger partial charge on any atom is -0.331 e. The van der Waals surface area contributed by atoms with Crippen molar-refractivity contribution in [2.45, 2.75) is 12.8 Å². The maximum atomic E-state index is 12.0. The van der Waals surface area contributed by atoms with Crippen molar-refractivity contribution in [3.8, 4) is 0 Å². The van der Waals surface area contributed by atoms with Gasteiger partial charge in [-0.15, -0.1) is 0 Å². The first-order valence-corrected chi connectivity index (χ1v) is 5.62. The van der Waals surface area contributed by atoms with Gasteiger partial charge in [-0.05, 0) is 12.5 Å². The van der Waals surface area contributed by atoms with Crippen LogP contribution in [-0.4, -0.2) is 20.8 Å². The van der Waals surface area contributed by atoms with Crippen molar-refractivity contribution in [1.82, 2.24) is 9.97 Å². The quantitative estimate of drug-likeness (QED) is 0.648. The summed E-state index contributed by atoms with van der Waals surface area (Å²) in [6.07, 6.45) is 3.11. The SMILES string of the molecule is CC(C(=O)Nc1ncc[nH]1)c1cccc([N+](=O)[O-])c1. The zero-order chi connectivity index (χ0) is 13.8. The molecule has 0 bridgehead atoms. The molecular weight excluding hydrogens is 248 g/mol. The summed E-state index contributed by atoms with van der Waals surface area (Å²) >= 11 is 0. The minimum absolute atomic E-state index is 0.0323. The Bertz CT molecular complexity index is 595. The molecule has 7 nitrogen and oxygen atoms in total. The molecular formula is C12H12N4O3. The number of nitro benzene ring substituents is 1. The Hall–Kier alpha value is -2.70. The van der Waals surface area contributed by atoms with Crippen LogP contribution in [0.3, 0.4) is 0 Å². The van der Waals surface area contributed by atoms with E-state index in [9.17, 15) is 14.9 Å². The van der Waals surface area contributed by atoms with E-state index < -0.39 is 10.8 Å². The molecule has 1 atom stereocenters. The van der Waals surface area contributed by atoms with Gasteiger partial charge in [0.2, 0.25) is 11.9 Å². The van der Waals surface area contributed by atoms with E-state index in [0.717, 1.165) is 0 Å². The summed E-state index contributed by atoms with van der Waals surface area (Å²) in [4.78, 5) is 28.8. The second-order valence-electron chi connectivity index (χ2n) is 4.00. The number of carbonyl (C=O) groups excluding carboxylic acids is 1. The Balaban J connectivity index is 2.14. The van der Waals surface area contributed by atoms with Gasteiger partial charge in [0.05, 0.1) is 10.8 Å². The van der Waals surface area contributed by atoms with Crippen LogP contribution in [0.4, 0.5) is 11.6 Å². The van der Waals surface area contributed by atoms with Crippen molar-refractivity contribution >= 4 is 17.5 Å². The van der Waals surface area contributed by atoms with Gasteiger partial charge in [0.1, 0.15) is 0 Å². The summed E-state index contributed by atoms with van der Waals surface area (Å²) in [5.41, 5.74) is 0.549. The fourth-order valence-corrected chi connectivity index (χ4v) is 1.62. The van der Waals surface area contributed by atoms with E-state index in [4.69, 9.17) is 0 Å². The summed E-state index contributed by atoms with van der Waals surface area (Å²) < 4.78 is 0. The first kappa shape index (κ1) is 12.7. The number of carbonyl (C=O) groups is 1. The highest BCUT2D eigenvalue weighted by atomic mass is 16.6. The van der Waals surface area contributed by atoms with Crippen LogP contribution in [0.1, 0.15) is 18.4 Å². The van der Waals surface area contributed by atoms with Gasteiger partial charge >= 0.3 is 0 Å². The van der Waals surface area contributed by atoms with Gasteiger partial charge in [-0.3, -0.25) is 20.2 Å². The number of non-ortho nitro benzene ring substituents is 1. The summed E-state index contributed by atoms with van der Waals surface area (Å²) in [6, 6.07) is 6.02. The Kier molecular flexibility index (Phi) is 3.56. The van der Waals surface area contributed by atoms with E-state index in [1.807, 2.05) is 0 Å². The Morgan fingerprint density at radius 1 is 1.53 bits per heavy atom. The van der Waals surface area contributed by atoms with Crippen LogP contribution in [-0.2, 0) is 4.79 Å². The lowest BCUT2D eigenvalue weighted by molar-refractivity contribution is -0.384. The number of nitrogens with one attached hydrogen (secondary N) is 2. The zero-order valence-corrected chi connectivity index (χ0v) is 10.2. The summed E-state index contributed by atoms with van der Waals surface area (Å²) in [6.45, 7) is 1.68. The highest BCUT2D eigenvalue weighted by molar-refractivity contribution is 5.94. The highest BCUT2D eigenvalue weighted by Gasteiger charge is 2.18. The second kappa shape index (κ2) is 5.30. The maximum absolute atomic E-state index is 12.0. The van der Waals surface area contributed by atoms with Crippen LogP contribution in [0.25, 0.3) is 0 Å². The van der Waals surface area contributed by atoms with Crippen molar-refractivity contribution in [2.75, 3.05) is 5.32 Å². The smallest absolute Gasteiger partial charge is 0.269 e. The largest absolute Gasteiger partial charge is 0.331 e. The minimum atomic E-state index is -0.509. The van der Waals surface area contributed by atoms with Gasteiger partial charge in [0, 0.05) is 24.5 Å². The maximum Gasteiger partial charge on any atom is 0.269 e. The Morgan fingerprint density at radius 3 is 2.95 bits per heavy atom. The number of imidazole rings is 1. The van der Waals surface area contributed by atoms with Crippen molar-refractivity contribution in [2.24, 2.45) is 0 Å². The fraction of sp³-hybridized carbons (Fsp3) is 0.167. The number of benzene rings is 1. The van der Waals surface area contributed by atoms with Gasteiger partial charge < -0.3 is 4.98 Å². The number of hydrogen-bond donors (Lipinski definition) is 2. The third kappa shape index (κ3) is 2.95. The molecule has 1 amide bonds. The number of nitro groups is 1. The van der Waals surface area contributed by atoms with E-state index in [-0.39, 0.29) is 11.6 Å². The molecule has 0 spiro atoms. The predicted octanol–water partition coefficient (Wildman–Crippen LogP) is 2.06. The Morgan fingerprint density at radius 2 is 2.32 bits per heavy atom. The van der Waals surface area contributed by atoms with Crippen molar-refractivity contribution in [3.63, 3.8) is 0 Å². The molecule has 0 fully saturated rings. The number of anilines is 1. The van der Waals surface area contributed by atoms with Gasteiger partial charge in [-0.25, -0.2) is 4.98 Å². The van der Waals surface area contributed by atoms with Gasteiger partial charge in [-0.2, -0.15) is 0 Å². The van der Waals surface area contributed by atoms with Crippen LogP contribution in [0.15, 0.2) is 36.7 Å². The number of hydrogen-bond acceptors (Lipinski definition) is 4. The summed E-state index contributed by atoms with van der Waals surface area (Å²) in [7, 11) is 0. The molecule has 2 N–H and O–H groups in total. The van der Waals surface area contributed by atoms with Crippen LogP contribution in [0, 0.1) is 10.1 Å². The highest BCUT2D eigenvalue weighted by Crippen LogP contribution is 2.21. The molecule has 1 heterocycles. The van der Waals surface area contributed by atoms with Crippen LogP contribution >= 0.6 is 0 Å². The molecule has 0 saturated heterocycles. The molecule has 0 radical (unpaired) electrons. The number of rotatable bonds is 4. The molecule has 2 aromatic rings. The molecule has 7 heteroatoms. The normalized spacial score (nSPS) is 11.8. The van der Waals surface area contributed by atoms with Crippen LogP contribution < -0.4 is 5.32 Å². The first-order valence-electron chi connectivity index (χ1n) is 5.62. The lowest BCUT2D eigenvalue weighted by Crippen LogP contribution is -2.19. The number of H-pyrrole nitrogens is 1. The van der Waals surface area contributed by atoms with Gasteiger partial charge in [0.15, 0.2) is 0 Å². The van der Waals surface area contributed by atoms with E-state index >= 15 is 0 Å². The molecule has 1 aromatic carbocycles. The predicted molar refractivity (Wildman–Crippen MR) is 68.7 cm³/mol. The third-order valence-electron chi connectivity index (χ3n) is 2.71. The van der Waals surface area contributed by atoms with E-state index in [2.05, 4.69) is 15.3 Å². The number of aromatic nitrogens is 2. The molecule has 0 aliphatic rings. The van der Waals surface area contributed by atoms with Crippen molar-refractivity contribution in [1.29, 1.82) is 0 Å². The molecule has 0 aliphatic carbocycles. The molecule has 0 aliphatic heterocycles. The fourth-order valence-electron chi connectivity index (χ4n) is 1.62. The number of nitrogens with zero attached hydrogens (tertiary/aromatic N) is 2. The monoisotopic (exact) mass is 260 g/mol. The second-order valence-corrected chi connectivity index (χ2v) is 4.00. The summed E-state index contributed by atoms with van der Waals surface area (Å²) in [5, 5.41) is 13.3. The molecule has 1 aromatic heterocycles. The van der Waals surface area contributed by atoms with Crippen molar-refractivity contribution < 1.29 is 9.72 Å². The lowest BCUT2D eigenvalue weighted by Gasteiger charge is -2.10. The standard InChI is InChI=1S/C12H12N4O3/c1-8(11(17)15-12-13-5-6-14-12)9-3-2-4-10(7-9)16(18)19/h2-8H,1H3,(H2,13,14,15,17). The zero-order valence-electron chi connectivity index (χ0n) is 10.2. The van der Waals surface area contributed by atoms with E-state index in [0.29, 0.717) is 11.5 Å². The van der Waals surface area contributed by atoms with Gasteiger partial charge in [0.25, 0.3) is 5.69 Å². The lowest BCUT2D eigenvalue weighted by atomic mass is 10.00. The average molecular weight is 260 g/mol. The summed E-state index contributed by atoms with van der Waals surface area (Å²) in [5.74, 6) is -0.442. The van der Waals surface area contributed by atoms with Crippen LogP contribution in [0.5, 0.6) is 0 Å².